The van der Waals surface area contributed by atoms with E-state index in [2.05, 4.69) is 0 Å². The van der Waals surface area contributed by atoms with Crippen molar-refractivity contribution in [2.24, 2.45) is 0 Å². The Balaban J connectivity index is 1.76. The quantitative estimate of drug-likeness (QED) is 0.769. The van der Waals surface area contributed by atoms with Crippen LogP contribution in [0.3, 0.4) is 0 Å². The zero-order valence-electron chi connectivity index (χ0n) is 16.1. The predicted molar refractivity (Wildman–Crippen MR) is 102 cm³/mol. The fourth-order valence-corrected chi connectivity index (χ4v) is 3.20. The SMILES string of the molecule is COC(=O)C1CC(Oc2ccc3ccccc3c2)CN1C(=O)OC(C)(C)C. The van der Waals surface area contributed by atoms with Crippen molar-refractivity contribution < 1.29 is 23.8 Å². The molecule has 2 aromatic rings. The molecule has 6 nitrogen and oxygen atoms in total. The van der Waals surface area contributed by atoms with Crippen molar-refractivity contribution in [2.75, 3.05) is 13.7 Å². The molecule has 2 aromatic carbocycles. The van der Waals surface area contributed by atoms with Gasteiger partial charge in [0.1, 0.15) is 23.5 Å². The summed E-state index contributed by atoms with van der Waals surface area (Å²) in [5, 5.41) is 2.20. The number of rotatable bonds is 3. The number of likely N-dealkylation sites (tertiary alicyclic amines) is 1. The van der Waals surface area contributed by atoms with Crippen molar-refractivity contribution in [1.29, 1.82) is 0 Å². The zero-order chi connectivity index (χ0) is 19.6. The summed E-state index contributed by atoms with van der Waals surface area (Å²) in [5.74, 6) is 0.235. The van der Waals surface area contributed by atoms with E-state index >= 15 is 0 Å². The number of ether oxygens (including phenoxy) is 3. The van der Waals surface area contributed by atoms with E-state index in [1.54, 1.807) is 20.8 Å². The summed E-state index contributed by atoms with van der Waals surface area (Å²) in [6.45, 7) is 5.63. The Bertz CT molecular complexity index is 842. The lowest BCUT2D eigenvalue weighted by atomic mass is 10.1. The van der Waals surface area contributed by atoms with E-state index in [0.717, 1.165) is 10.8 Å². The average Bonchev–Trinajstić information content (AvgIpc) is 3.03. The standard InChI is InChI=1S/C21H25NO5/c1-21(2,3)27-20(24)22-13-17(12-18(22)19(23)25-4)26-16-10-9-14-7-5-6-8-15(14)11-16/h5-11,17-18H,12-13H2,1-4H3. The highest BCUT2D eigenvalue weighted by Crippen LogP contribution is 2.27. The minimum absolute atomic E-state index is 0.265. The molecule has 0 saturated carbocycles. The van der Waals surface area contributed by atoms with Crippen molar-refractivity contribution in [1.82, 2.24) is 4.90 Å². The second-order valence-corrected chi connectivity index (χ2v) is 7.66. The number of carbonyl (C=O) groups is 2. The molecule has 0 spiro atoms. The van der Waals surface area contributed by atoms with Crippen molar-refractivity contribution in [2.45, 2.75) is 44.9 Å². The Kier molecular flexibility index (Phi) is 5.26. The van der Waals surface area contributed by atoms with Crippen LogP contribution in [-0.2, 0) is 14.3 Å². The Hall–Kier alpha value is -2.76. The number of esters is 1. The smallest absolute Gasteiger partial charge is 0.411 e. The van der Waals surface area contributed by atoms with Crippen molar-refractivity contribution in [3.8, 4) is 5.75 Å². The monoisotopic (exact) mass is 371 g/mol. The van der Waals surface area contributed by atoms with E-state index < -0.39 is 23.7 Å². The number of hydrogen-bond donors (Lipinski definition) is 0. The van der Waals surface area contributed by atoms with Gasteiger partial charge in [-0.1, -0.05) is 30.3 Å². The van der Waals surface area contributed by atoms with Crippen LogP contribution >= 0.6 is 0 Å². The Morgan fingerprint density at radius 1 is 1.07 bits per heavy atom. The lowest BCUT2D eigenvalue weighted by Gasteiger charge is -2.27. The number of fused-ring (bicyclic) bond motifs is 1. The maximum atomic E-state index is 12.5. The molecule has 3 rings (SSSR count). The van der Waals surface area contributed by atoms with Gasteiger partial charge in [-0.25, -0.2) is 9.59 Å². The highest BCUT2D eigenvalue weighted by atomic mass is 16.6. The van der Waals surface area contributed by atoms with Gasteiger partial charge in [-0.3, -0.25) is 4.90 Å². The van der Waals surface area contributed by atoms with Gasteiger partial charge in [0.25, 0.3) is 0 Å². The predicted octanol–water partition coefficient (Wildman–Crippen LogP) is 3.77. The molecule has 1 aliphatic heterocycles. The number of hydrogen-bond acceptors (Lipinski definition) is 5. The molecule has 0 aromatic heterocycles. The van der Waals surface area contributed by atoms with Crippen LogP contribution < -0.4 is 4.74 Å². The largest absolute Gasteiger partial charge is 0.488 e. The zero-order valence-corrected chi connectivity index (χ0v) is 16.1. The Morgan fingerprint density at radius 3 is 2.44 bits per heavy atom. The molecule has 0 aliphatic carbocycles. The first kappa shape index (κ1) is 19.0. The van der Waals surface area contributed by atoms with Crippen LogP contribution in [-0.4, -0.2) is 48.4 Å². The maximum Gasteiger partial charge on any atom is 0.411 e. The molecule has 6 heteroatoms. The molecule has 0 radical (unpaired) electrons. The fraction of sp³-hybridized carbons (Fsp3) is 0.429. The fourth-order valence-electron chi connectivity index (χ4n) is 3.20. The minimum atomic E-state index is -0.713. The Labute approximate surface area is 159 Å². The number of methoxy groups -OCH3 is 1. The van der Waals surface area contributed by atoms with Crippen LogP contribution in [0.15, 0.2) is 42.5 Å². The molecule has 144 valence electrons. The third kappa shape index (κ3) is 4.51. The van der Waals surface area contributed by atoms with Crippen molar-refractivity contribution >= 4 is 22.8 Å². The van der Waals surface area contributed by atoms with Gasteiger partial charge in [-0.05, 0) is 43.7 Å². The summed E-state index contributed by atoms with van der Waals surface area (Å²) in [6.07, 6.45) is -0.496. The van der Waals surface area contributed by atoms with Gasteiger partial charge in [0.05, 0.1) is 13.7 Å². The highest BCUT2D eigenvalue weighted by molar-refractivity contribution is 5.84. The third-order valence-electron chi connectivity index (χ3n) is 4.39. The third-order valence-corrected chi connectivity index (χ3v) is 4.39. The molecule has 27 heavy (non-hydrogen) atoms. The van der Waals surface area contributed by atoms with Gasteiger partial charge < -0.3 is 14.2 Å². The molecule has 0 N–H and O–H groups in total. The molecule has 2 atom stereocenters. The molecule has 1 heterocycles. The van der Waals surface area contributed by atoms with E-state index in [1.807, 2.05) is 42.5 Å². The molecule has 1 saturated heterocycles. The molecule has 1 amide bonds. The lowest BCUT2D eigenvalue weighted by Crippen LogP contribution is -2.44. The summed E-state index contributed by atoms with van der Waals surface area (Å²) in [4.78, 5) is 26.0. The van der Waals surface area contributed by atoms with Gasteiger partial charge in [-0.15, -0.1) is 0 Å². The molecule has 1 aliphatic rings. The average molecular weight is 371 g/mol. The van der Waals surface area contributed by atoms with Gasteiger partial charge in [0.2, 0.25) is 0 Å². The first-order chi connectivity index (χ1) is 12.8. The summed E-state index contributed by atoms with van der Waals surface area (Å²) >= 11 is 0. The number of benzene rings is 2. The molecule has 1 fully saturated rings. The molecular formula is C21H25NO5. The summed E-state index contributed by atoms with van der Waals surface area (Å²) in [6, 6.07) is 13.1. The topological polar surface area (TPSA) is 65.1 Å². The second-order valence-electron chi connectivity index (χ2n) is 7.66. The van der Waals surface area contributed by atoms with E-state index in [-0.39, 0.29) is 12.6 Å². The van der Waals surface area contributed by atoms with Crippen LogP contribution in [0.5, 0.6) is 5.75 Å². The first-order valence-electron chi connectivity index (χ1n) is 9.00. The van der Waals surface area contributed by atoms with Crippen molar-refractivity contribution in [3.63, 3.8) is 0 Å². The summed E-state index contributed by atoms with van der Waals surface area (Å²) < 4.78 is 16.3. The van der Waals surface area contributed by atoms with Gasteiger partial charge >= 0.3 is 12.1 Å². The van der Waals surface area contributed by atoms with Gasteiger partial charge in [0, 0.05) is 6.42 Å². The Morgan fingerprint density at radius 2 is 1.78 bits per heavy atom. The van der Waals surface area contributed by atoms with Crippen LogP contribution in [0.4, 0.5) is 4.79 Å². The van der Waals surface area contributed by atoms with E-state index in [9.17, 15) is 9.59 Å². The van der Waals surface area contributed by atoms with Crippen molar-refractivity contribution in [3.05, 3.63) is 42.5 Å². The minimum Gasteiger partial charge on any atom is -0.488 e. The molecular weight excluding hydrogens is 346 g/mol. The van der Waals surface area contributed by atoms with E-state index in [1.165, 1.54) is 12.0 Å². The number of carbonyl (C=O) groups excluding carboxylic acids is 2. The lowest BCUT2D eigenvalue weighted by molar-refractivity contribution is -0.145. The first-order valence-corrected chi connectivity index (χ1v) is 9.00. The van der Waals surface area contributed by atoms with Crippen LogP contribution in [0, 0.1) is 0 Å². The van der Waals surface area contributed by atoms with Crippen LogP contribution in [0.25, 0.3) is 10.8 Å². The highest BCUT2D eigenvalue weighted by Gasteiger charge is 2.43. The molecule has 2 unspecified atom stereocenters. The van der Waals surface area contributed by atoms with Gasteiger partial charge in [0.15, 0.2) is 0 Å². The number of amides is 1. The summed E-state index contributed by atoms with van der Waals surface area (Å²) in [7, 11) is 1.31. The van der Waals surface area contributed by atoms with Crippen LogP contribution in [0.2, 0.25) is 0 Å². The van der Waals surface area contributed by atoms with E-state index in [0.29, 0.717) is 12.2 Å². The normalized spacial score (nSPS) is 19.8. The van der Waals surface area contributed by atoms with Crippen LogP contribution in [0.1, 0.15) is 27.2 Å². The maximum absolute atomic E-state index is 12.5. The summed E-state index contributed by atoms with van der Waals surface area (Å²) in [5.41, 5.74) is -0.644. The number of nitrogens with zero attached hydrogens (tertiary/aromatic N) is 1. The van der Waals surface area contributed by atoms with Gasteiger partial charge in [-0.2, -0.15) is 0 Å². The van der Waals surface area contributed by atoms with E-state index in [4.69, 9.17) is 14.2 Å². The molecule has 0 bridgehead atoms. The second kappa shape index (κ2) is 7.47.